The molecule has 3 amide bonds. The number of carbonyl (C=O) groups excluding carboxylic acids is 3. The molecule has 2 unspecified atom stereocenters. The quantitative estimate of drug-likeness (QED) is 0.410. The first-order valence-electron chi connectivity index (χ1n) is 12.6. The van der Waals surface area contributed by atoms with Crippen molar-refractivity contribution >= 4 is 17.9 Å². The summed E-state index contributed by atoms with van der Waals surface area (Å²) in [6.45, 7) is 16.1. The monoisotopic (exact) mass is 475 g/mol. The van der Waals surface area contributed by atoms with Gasteiger partial charge in [0.1, 0.15) is 17.7 Å². The van der Waals surface area contributed by atoms with Crippen LogP contribution in [0.15, 0.2) is 24.3 Å². The SMILES string of the molecule is CCCCCNC(=O)C(c1ccc(C)cc1)N(CCC)C(=O)C(NC(=O)OC(C)(C)C)C(C)C. The van der Waals surface area contributed by atoms with Gasteiger partial charge in [-0.15, -0.1) is 0 Å². The third kappa shape index (κ3) is 9.74. The molecule has 2 atom stereocenters. The number of unbranched alkanes of at least 4 members (excludes halogenated alkanes) is 2. The molecule has 1 aromatic carbocycles. The van der Waals surface area contributed by atoms with E-state index in [1.807, 2.05) is 52.0 Å². The summed E-state index contributed by atoms with van der Waals surface area (Å²) in [7, 11) is 0. The Morgan fingerprint density at radius 2 is 1.62 bits per heavy atom. The van der Waals surface area contributed by atoms with Gasteiger partial charge in [0, 0.05) is 13.1 Å². The number of nitrogens with one attached hydrogen (secondary N) is 2. The second-order valence-corrected chi connectivity index (χ2v) is 10.2. The van der Waals surface area contributed by atoms with Gasteiger partial charge in [-0.1, -0.05) is 70.4 Å². The van der Waals surface area contributed by atoms with Crippen molar-refractivity contribution in [3.8, 4) is 0 Å². The molecular formula is C27H45N3O4. The van der Waals surface area contributed by atoms with Crippen molar-refractivity contribution in [2.45, 2.75) is 98.8 Å². The number of alkyl carbamates (subject to hydrolysis) is 1. The molecule has 7 heteroatoms. The number of aryl methyl sites for hydroxylation is 1. The van der Waals surface area contributed by atoms with Gasteiger partial charge >= 0.3 is 6.09 Å². The van der Waals surface area contributed by atoms with Crippen molar-refractivity contribution in [2.75, 3.05) is 13.1 Å². The molecular weight excluding hydrogens is 430 g/mol. The van der Waals surface area contributed by atoms with Crippen LogP contribution in [-0.4, -0.2) is 47.5 Å². The van der Waals surface area contributed by atoms with E-state index in [0.29, 0.717) is 19.5 Å². The molecule has 1 aromatic rings. The highest BCUT2D eigenvalue weighted by atomic mass is 16.6. The third-order valence-corrected chi connectivity index (χ3v) is 5.39. The fraction of sp³-hybridized carbons (Fsp3) is 0.667. The largest absolute Gasteiger partial charge is 0.444 e. The number of ether oxygens (including phenoxy) is 1. The third-order valence-electron chi connectivity index (χ3n) is 5.39. The van der Waals surface area contributed by atoms with Crippen molar-refractivity contribution in [3.05, 3.63) is 35.4 Å². The Labute approximate surface area is 206 Å². The summed E-state index contributed by atoms with van der Waals surface area (Å²) in [6.07, 6.45) is 3.01. The lowest BCUT2D eigenvalue weighted by molar-refractivity contribution is -0.143. The van der Waals surface area contributed by atoms with Gasteiger partial charge in [0.2, 0.25) is 11.8 Å². The van der Waals surface area contributed by atoms with Crippen LogP contribution in [0.1, 0.15) is 91.3 Å². The van der Waals surface area contributed by atoms with Crippen LogP contribution in [0.3, 0.4) is 0 Å². The smallest absolute Gasteiger partial charge is 0.408 e. The van der Waals surface area contributed by atoms with E-state index in [2.05, 4.69) is 17.6 Å². The van der Waals surface area contributed by atoms with E-state index in [4.69, 9.17) is 4.74 Å². The number of hydrogen-bond acceptors (Lipinski definition) is 4. The second-order valence-electron chi connectivity index (χ2n) is 10.2. The van der Waals surface area contributed by atoms with Crippen molar-refractivity contribution in [2.24, 2.45) is 5.92 Å². The van der Waals surface area contributed by atoms with Crippen LogP contribution < -0.4 is 10.6 Å². The minimum atomic E-state index is -0.817. The van der Waals surface area contributed by atoms with Crippen LogP contribution in [-0.2, 0) is 14.3 Å². The lowest BCUT2D eigenvalue weighted by Crippen LogP contribution is -2.55. The second kappa shape index (κ2) is 14.0. The highest BCUT2D eigenvalue weighted by molar-refractivity contribution is 5.92. The highest BCUT2D eigenvalue weighted by Gasteiger charge is 2.37. The van der Waals surface area contributed by atoms with E-state index in [-0.39, 0.29) is 17.7 Å². The summed E-state index contributed by atoms with van der Waals surface area (Å²) in [5, 5.41) is 5.76. The molecule has 0 aliphatic carbocycles. The molecule has 192 valence electrons. The predicted molar refractivity (Wildman–Crippen MR) is 136 cm³/mol. The molecule has 0 heterocycles. The van der Waals surface area contributed by atoms with Crippen LogP contribution in [0.2, 0.25) is 0 Å². The Hall–Kier alpha value is -2.57. The zero-order valence-corrected chi connectivity index (χ0v) is 22.4. The van der Waals surface area contributed by atoms with E-state index in [1.54, 1.807) is 25.7 Å². The lowest BCUT2D eigenvalue weighted by atomic mass is 9.98. The fourth-order valence-corrected chi connectivity index (χ4v) is 3.64. The highest BCUT2D eigenvalue weighted by Crippen LogP contribution is 2.25. The summed E-state index contributed by atoms with van der Waals surface area (Å²) < 4.78 is 5.39. The maximum absolute atomic E-state index is 13.8. The fourth-order valence-electron chi connectivity index (χ4n) is 3.64. The summed E-state index contributed by atoms with van der Waals surface area (Å²) >= 11 is 0. The average molecular weight is 476 g/mol. The van der Waals surface area contributed by atoms with E-state index < -0.39 is 23.8 Å². The predicted octanol–water partition coefficient (Wildman–Crippen LogP) is 5.13. The van der Waals surface area contributed by atoms with Gasteiger partial charge in [0.15, 0.2) is 0 Å². The number of hydrogen-bond donors (Lipinski definition) is 2. The molecule has 0 aliphatic rings. The van der Waals surface area contributed by atoms with Crippen molar-refractivity contribution in [1.29, 1.82) is 0 Å². The van der Waals surface area contributed by atoms with Gasteiger partial charge in [0.25, 0.3) is 0 Å². The van der Waals surface area contributed by atoms with Crippen molar-refractivity contribution in [3.63, 3.8) is 0 Å². The van der Waals surface area contributed by atoms with Crippen LogP contribution in [0.25, 0.3) is 0 Å². The standard InChI is InChI=1S/C27H45N3O4/c1-9-11-12-17-28-24(31)23(21-15-13-20(5)14-16-21)30(18-10-2)25(32)22(19(3)4)29-26(33)34-27(6,7)8/h13-16,19,22-23H,9-12,17-18H2,1-8H3,(H,28,31)(H,29,33). The number of amides is 3. The molecule has 2 N–H and O–H groups in total. The first-order chi connectivity index (χ1) is 15.9. The van der Waals surface area contributed by atoms with E-state index in [0.717, 1.165) is 30.4 Å². The van der Waals surface area contributed by atoms with E-state index in [1.165, 1.54) is 0 Å². The van der Waals surface area contributed by atoms with Crippen LogP contribution >= 0.6 is 0 Å². The zero-order chi connectivity index (χ0) is 25.9. The molecule has 7 nitrogen and oxygen atoms in total. The number of benzene rings is 1. The first-order valence-corrected chi connectivity index (χ1v) is 12.6. The Morgan fingerprint density at radius 1 is 1.00 bits per heavy atom. The maximum Gasteiger partial charge on any atom is 0.408 e. The Morgan fingerprint density at radius 3 is 2.12 bits per heavy atom. The number of nitrogens with zero attached hydrogens (tertiary/aromatic N) is 1. The van der Waals surface area contributed by atoms with Gasteiger partial charge in [-0.25, -0.2) is 4.79 Å². The summed E-state index contributed by atoms with van der Waals surface area (Å²) in [6, 6.07) is 6.08. The topological polar surface area (TPSA) is 87.7 Å². The summed E-state index contributed by atoms with van der Waals surface area (Å²) in [5.41, 5.74) is 1.15. The van der Waals surface area contributed by atoms with Crippen LogP contribution in [0, 0.1) is 12.8 Å². The van der Waals surface area contributed by atoms with Gasteiger partial charge in [0.05, 0.1) is 0 Å². The summed E-state index contributed by atoms with van der Waals surface area (Å²) in [5.74, 6) is -0.691. The van der Waals surface area contributed by atoms with Gasteiger partial charge < -0.3 is 20.3 Å². The number of rotatable bonds is 12. The van der Waals surface area contributed by atoms with Gasteiger partial charge in [-0.2, -0.15) is 0 Å². The maximum atomic E-state index is 13.8. The van der Waals surface area contributed by atoms with Crippen LogP contribution in [0.5, 0.6) is 0 Å². The first kappa shape index (κ1) is 29.5. The molecule has 0 saturated heterocycles. The zero-order valence-electron chi connectivity index (χ0n) is 22.4. The van der Waals surface area contributed by atoms with Crippen LogP contribution in [0.4, 0.5) is 4.79 Å². The van der Waals surface area contributed by atoms with E-state index in [9.17, 15) is 14.4 Å². The van der Waals surface area contributed by atoms with Crippen molar-refractivity contribution < 1.29 is 19.1 Å². The Kier molecular flexibility index (Phi) is 12.1. The molecule has 0 saturated carbocycles. The van der Waals surface area contributed by atoms with E-state index >= 15 is 0 Å². The molecule has 0 aromatic heterocycles. The molecule has 0 radical (unpaired) electrons. The molecule has 0 aliphatic heterocycles. The van der Waals surface area contributed by atoms with Crippen molar-refractivity contribution in [1.82, 2.24) is 15.5 Å². The Bertz CT molecular complexity index is 784. The molecule has 0 bridgehead atoms. The molecule has 34 heavy (non-hydrogen) atoms. The minimum absolute atomic E-state index is 0.189. The average Bonchev–Trinajstić information content (AvgIpc) is 2.74. The minimum Gasteiger partial charge on any atom is -0.444 e. The van der Waals surface area contributed by atoms with Gasteiger partial charge in [-0.05, 0) is 52.0 Å². The number of carbonyl (C=O) groups is 3. The lowest BCUT2D eigenvalue weighted by Gasteiger charge is -2.35. The molecule has 1 rings (SSSR count). The molecule has 0 fully saturated rings. The normalized spacial score (nSPS) is 13.2. The summed E-state index contributed by atoms with van der Waals surface area (Å²) in [4.78, 5) is 41.3. The molecule has 0 spiro atoms. The van der Waals surface area contributed by atoms with Gasteiger partial charge in [-0.3, -0.25) is 9.59 Å². The Balaban J connectivity index is 3.29.